The zero-order valence-corrected chi connectivity index (χ0v) is 12.1. The second-order valence-corrected chi connectivity index (χ2v) is 4.82. The molecule has 0 saturated heterocycles. The van der Waals surface area contributed by atoms with E-state index < -0.39 is 0 Å². The topological polar surface area (TPSA) is 21.3 Å². The number of hydrogen-bond acceptors (Lipinski definition) is 2. The van der Waals surface area contributed by atoms with Crippen LogP contribution in [0.4, 0.5) is 0 Å². The number of nitrogens with one attached hydrogen (secondary N) is 1. The van der Waals surface area contributed by atoms with Gasteiger partial charge in [-0.1, -0.05) is 24.3 Å². The predicted octanol–water partition coefficient (Wildman–Crippen LogP) is 3.70. The fourth-order valence-corrected chi connectivity index (χ4v) is 2.43. The SMILES string of the molecule is CNCc1ccccc1-c1cc(C)c(OC)cc1C. The molecule has 2 heteroatoms. The fourth-order valence-electron chi connectivity index (χ4n) is 2.43. The Morgan fingerprint density at radius 2 is 1.74 bits per heavy atom. The molecule has 0 heterocycles. The molecule has 100 valence electrons. The van der Waals surface area contributed by atoms with Gasteiger partial charge in [-0.3, -0.25) is 0 Å². The van der Waals surface area contributed by atoms with E-state index in [0.717, 1.165) is 12.3 Å². The van der Waals surface area contributed by atoms with E-state index in [-0.39, 0.29) is 0 Å². The first kappa shape index (κ1) is 13.6. The third-order valence-electron chi connectivity index (χ3n) is 3.42. The second-order valence-electron chi connectivity index (χ2n) is 4.82. The van der Waals surface area contributed by atoms with E-state index in [1.54, 1.807) is 7.11 Å². The zero-order valence-electron chi connectivity index (χ0n) is 12.1. The van der Waals surface area contributed by atoms with Crippen LogP contribution in [0.25, 0.3) is 11.1 Å². The minimum atomic E-state index is 0.876. The van der Waals surface area contributed by atoms with Crippen molar-refractivity contribution in [2.75, 3.05) is 14.2 Å². The normalized spacial score (nSPS) is 10.5. The van der Waals surface area contributed by atoms with Crippen molar-refractivity contribution in [1.29, 1.82) is 0 Å². The summed E-state index contributed by atoms with van der Waals surface area (Å²) < 4.78 is 5.38. The summed E-state index contributed by atoms with van der Waals surface area (Å²) in [4.78, 5) is 0. The van der Waals surface area contributed by atoms with E-state index >= 15 is 0 Å². The molecule has 2 nitrogen and oxygen atoms in total. The molecule has 2 aromatic carbocycles. The summed E-state index contributed by atoms with van der Waals surface area (Å²) in [6.45, 7) is 5.09. The third-order valence-corrected chi connectivity index (χ3v) is 3.42. The number of aryl methyl sites for hydroxylation is 2. The van der Waals surface area contributed by atoms with Crippen molar-refractivity contribution < 1.29 is 4.74 Å². The van der Waals surface area contributed by atoms with Gasteiger partial charge in [-0.05, 0) is 60.8 Å². The Balaban J connectivity index is 2.56. The standard InChI is InChI=1S/C17H21NO/c1-12-10-17(19-4)13(2)9-16(12)15-8-6-5-7-14(15)11-18-3/h5-10,18H,11H2,1-4H3. The molecule has 2 rings (SSSR count). The summed E-state index contributed by atoms with van der Waals surface area (Å²) in [6, 6.07) is 12.9. The lowest BCUT2D eigenvalue weighted by Crippen LogP contribution is -2.06. The monoisotopic (exact) mass is 255 g/mol. The summed E-state index contributed by atoms with van der Waals surface area (Å²) in [5.74, 6) is 0.951. The number of hydrogen-bond donors (Lipinski definition) is 1. The minimum absolute atomic E-state index is 0.876. The van der Waals surface area contributed by atoms with Gasteiger partial charge in [0.2, 0.25) is 0 Å². The van der Waals surface area contributed by atoms with Crippen molar-refractivity contribution in [1.82, 2.24) is 5.32 Å². The van der Waals surface area contributed by atoms with Gasteiger partial charge in [0.1, 0.15) is 5.75 Å². The second kappa shape index (κ2) is 5.89. The molecule has 0 spiro atoms. The average molecular weight is 255 g/mol. The van der Waals surface area contributed by atoms with Crippen molar-refractivity contribution in [3.05, 3.63) is 53.1 Å². The molecule has 1 N–H and O–H groups in total. The Bertz CT molecular complexity index is 575. The third kappa shape index (κ3) is 2.79. The fraction of sp³-hybridized carbons (Fsp3) is 0.294. The molecule has 0 fully saturated rings. The largest absolute Gasteiger partial charge is 0.496 e. The smallest absolute Gasteiger partial charge is 0.122 e. The number of ether oxygens (including phenoxy) is 1. The van der Waals surface area contributed by atoms with Crippen molar-refractivity contribution in [3.63, 3.8) is 0 Å². The molecule has 2 aromatic rings. The molecule has 0 bridgehead atoms. The molecule has 0 aromatic heterocycles. The first-order valence-electron chi connectivity index (χ1n) is 6.55. The molecule has 19 heavy (non-hydrogen) atoms. The van der Waals surface area contributed by atoms with Crippen LogP contribution in [0.2, 0.25) is 0 Å². The van der Waals surface area contributed by atoms with E-state index in [9.17, 15) is 0 Å². The van der Waals surface area contributed by atoms with Crippen LogP contribution < -0.4 is 10.1 Å². The van der Waals surface area contributed by atoms with Gasteiger partial charge in [-0.25, -0.2) is 0 Å². The van der Waals surface area contributed by atoms with Crippen LogP contribution in [-0.4, -0.2) is 14.2 Å². The van der Waals surface area contributed by atoms with Crippen molar-refractivity contribution >= 4 is 0 Å². The number of benzene rings is 2. The van der Waals surface area contributed by atoms with Gasteiger partial charge in [-0.15, -0.1) is 0 Å². The molecule has 0 atom stereocenters. The first-order valence-corrected chi connectivity index (χ1v) is 6.55. The minimum Gasteiger partial charge on any atom is -0.496 e. The summed E-state index contributed by atoms with van der Waals surface area (Å²) in [7, 11) is 3.69. The zero-order chi connectivity index (χ0) is 13.8. The van der Waals surface area contributed by atoms with Crippen LogP contribution in [0.1, 0.15) is 16.7 Å². The van der Waals surface area contributed by atoms with Crippen LogP contribution in [0.15, 0.2) is 36.4 Å². The van der Waals surface area contributed by atoms with E-state index in [2.05, 4.69) is 55.6 Å². The first-order chi connectivity index (χ1) is 9.17. The molecular formula is C17H21NO. The Kier molecular flexibility index (Phi) is 4.23. The van der Waals surface area contributed by atoms with Crippen LogP contribution >= 0.6 is 0 Å². The molecule has 0 aliphatic carbocycles. The average Bonchev–Trinajstić information content (AvgIpc) is 2.42. The molecule has 0 aliphatic heterocycles. The molecule has 0 saturated carbocycles. The maximum absolute atomic E-state index is 5.38. The molecule has 0 aliphatic rings. The van der Waals surface area contributed by atoms with Crippen molar-refractivity contribution in [2.24, 2.45) is 0 Å². The maximum atomic E-state index is 5.38. The lowest BCUT2D eigenvalue weighted by Gasteiger charge is -2.14. The Morgan fingerprint density at radius 3 is 2.42 bits per heavy atom. The predicted molar refractivity (Wildman–Crippen MR) is 80.7 cm³/mol. The number of rotatable bonds is 4. The molecular weight excluding hydrogens is 234 g/mol. The highest BCUT2D eigenvalue weighted by Crippen LogP contribution is 2.32. The Morgan fingerprint density at radius 1 is 1.00 bits per heavy atom. The van der Waals surface area contributed by atoms with Gasteiger partial charge >= 0.3 is 0 Å². The van der Waals surface area contributed by atoms with Crippen molar-refractivity contribution in [2.45, 2.75) is 20.4 Å². The van der Waals surface area contributed by atoms with Crippen LogP contribution in [0.5, 0.6) is 5.75 Å². The lowest BCUT2D eigenvalue weighted by atomic mass is 9.94. The van der Waals surface area contributed by atoms with Crippen LogP contribution in [0, 0.1) is 13.8 Å². The maximum Gasteiger partial charge on any atom is 0.122 e. The molecule has 0 radical (unpaired) electrons. The highest BCUT2D eigenvalue weighted by Gasteiger charge is 2.09. The van der Waals surface area contributed by atoms with Gasteiger partial charge in [0.15, 0.2) is 0 Å². The lowest BCUT2D eigenvalue weighted by molar-refractivity contribution is 0.411. The van der Waals surface area contributed by atoms with E-state index in [1.165, 1.54) is 27.8 Å². The van der Waals surface area contributed by atoms with Crippen molar-refractivity contribution in [3.8, 4) is 16.9 Å². The van der Waals surface area contributed by atoms with Gasteiger partial charge in [-0.2, -0.15) is 0 Å². The van der Waals surface area contributed by atoms with Gasteiger partial charge in [0.25, 0.3) is 0 Å². The Hall–Kier alpha value is -1.80. The summed E-state index contributed by atoms with van der Waals surface area (Å²) in [6.07, 6.45) is 0. The summed E-state index contributed by atoms with van der Waals surface area (Å²) in [5.41, 5.74) is 6.30. The summed E-state index contributed by atoms with van der Waals surface area (Å²) in [5, 5.41) is 3.23. The highest BCUT2D eigenvalue weighted by atomic mass is 16.5. The van der Waals surface area contributed by atoms with E-state index in [1.807, 2.05) is 7.05 Å². The van der Waals surface area contributed by atoms with Crippen LogP contribution in [-0.2, 0) is 6.54 Å². The van der Waals surface area contributed by atoms with E-state index in [4.69, 9.17) is 4.74 Å². The Labute approximate surface area is 115 Å². The molecule has 0 unspecified atom stereocenters. The highest BCUT2D eigenvalue weighted by molar-refractivity contribution is 5.72. The summed E-state index contributed by atoms with van der Waals surface area (Å²) >= 11 is 0. The van der Waals surface area contributed by atoms with Gasteiger partial charge in [0.05, 0.1) is 7.11 Å². The van der Waals surface area contributed by atoms with Gasteiger partial charge in [0, 0.05) is 6.54 Å². The van der Waals surface area contributed by atoms with Gasteiger partial charge < -0.3 is 10.1 Å². The van der Waals surface area contributed by atoms with Crippen LogP contribution in [0.3, 0.4) is 0 Å². The quantitative estimate of drug-likeness (QED) is 0.899. The molecule has 0 amide bonds. The number of methoxy groups -OCH3 is 1. The van der Waals surface area contributed by atoms with E-state index in [0.29, 0.717) is 0 Å².